The van der Waals surface area contributed by atoms with Crippen molar-refractivity contribution in [3.05, 3.63) is 41.7 Å². The maximum absolute atomic E-state index is 12.7. The second-order valence-corrected chi connectivity index (χ2v) is 7.95. The molecule has 2 N–H and O–H groups in total. The molecule has 3 aromatic rings. The molecule has 2 heterocycles. The molecule has 1 aliphatic heterocycles. The Kier molecular flexibility index (Phi) is 7.00. The van der Waals surface area contributed by atoms with Crippen molar-refractivity contribution in [3.63, 3.8) is 0 Å². The van der Waals surface area contributed by atoms with E-state index in [-0.39, 0.29) is 5.91 Å². The number of hydrogen-bond donors (Lipinski definition) is 2. The molecular formula is C24H31N4O5+. The summed E-state index contributed by atoms with van der Waals surface area (Å²) in [6.07, 6.45) is 0. The molecule has 1 aliphatic rings. The van der Waals surface area contributed by atoms with E-state index in [0.717, 1.165) is 55.4 Å². The van der Waals surface area contributed by atoms with Gasteiger partial charge in [-0.1, -0.05) is 0 Å². The first-order valence-corrected chi connectivity index (χ1v) is 11.0. The molecule has 9 heteroatoms. The van der Waals surface area contributed by atoms with Crippen molar-refractivity contribution in [2.45, 2.75) is 6.92 Å². The van der Waals surface area contributed by atoms with Crippen molar-refractivity contribution in [1.82, 2.24) is 14.9 Å². The van der Waals surface area contributed by atoms with E-state index in [1.54, 1.807) is 21.3 Å². The molecule has 0 unspecified atom stereocenters. The fraction of sp³-hybridized carbons (Fsp3) is 0.417. The number of nitrogens with zero attached hydrogens (tertiary/aromatic N) is 2. The van der Waals surface area contributed by atoms with E-state index in [0.29, 0.717) is 29.4 Å². The lowest BCUT2D eigenvalue weighted by Crippen LogP contribution is -3.14. The van der Waals surface area contributed by atoms with Crippen LogP contribution in [0.1, 0.15) is 16.2 Å². The van der Waals surface area contributed by atoms with Gasteiger partial charge in [-0.15, -0.1) is 0 Å². The zero-order chi connectivity index (χ0) is 23.4. The summed E-state index contributed by atoms with van der Waals surface area (Å²) in [5.41, 5.74) is 3.05. The van der Waals surface area contributed by atoms with Gasteiger partial charge in [0.2, 0.25) is 5.75 Å². The number of aromatic nitrogens is 2. The lowest BCUT2D eigenvalue weighted by atomic mass is 10.1. The highest BCUT2D eigenvalue weighted by molar-refractivity contribution is 5.97. The highest BCUT2D eigenvalue weighted by Gasteiger charge is 2.18. The Morgan fingerprint density at radius 3 is 2.42 bits per heavy atom. The Bertz CT molecular complexity index is 1110. The first-order chi connectivity index (χ1) is 16.0. The molecular weight excluding hydrogens is 424 g/mol. The smallest absolute Gasteiger partial charge is 0.251 e. The van der Waals surface area contributed by atoms with Gasteiger partial charge in [-0.2, -0.15) is 0 Å². The van der Waals surface area contributed by atoms with Crippen LogP contribution in [0.4, 0.5) is 0 Å². The molecule has 0 bridgehead atoms. The number of nitrogens with one attached hydrogen (secondary N) is 2. The van der Waals surface area contributed by atoms with E-state index in [4.69, 9.17) is 23.9 Å². The van der Waals surface area contributed by atoms with Crippen molar-refractivity contribution >= 4 is 16.9 Å². The van der Waals surface area contributed by atoms with Gasteiger partial charge in [0.15, 0.2) is 11.5 Å². The minimum atomic E-state index is -0.0930. The normalized spacial score (nSPS) is 14.3. The fourth-order valence-corrected chi connectivity index (χ4v) is 4.23. The number of carbonyl (C=O) groups excluding carboxylic acids is 1. The van der Waals surface area contributed by atoms with Crippen molar-refractivity contribution in [3.8, 4) is 22.9 Å². The largest absolute Gasteiger partial charge is 0.493 e. The highest BCUT2D eigenvalue weighted by atomic mass is 16.5. The van der Waals surface area contributed by atoms with Gasteiger partial charge < -0.3 is 29.2 Å². The monoisotopic (exact) mass is 455 g/mol. The van der Waals surface area contributed by atoms with E-state index in [2.05, 4.69) is 5.32 Å². The molecule has 0 radical (unpaired) electrons. The highest BCUT2D eigenvalue weighted by Crippen LogP contribution is 2.40. The van der Waals surface area contributed by atoms with Crippen molar-refractivity contribution in [2.24, 2.45) is 0 Å². The second-order valence-electron chi connectivity index (χ2n) is 7.95. The van der Waals surface area contributed by atoms with Crippen LogP contribution in [0.2, 0.25) is 0 Å². The standard InChI is InChI=1S/C24H30N4O5/c1-16-26-19-13-17(24(29)25-7-8-27-9-11-33-12-10-27)5-6-20(19)28(16)18-14-21(30-2)23(32-4)22(15-18)31-3/h5-6,13-15H,7-12H2,1-4H3,(H,25,29)/p+1. The number of fused-ring (bicyclic) bond motifs is 1. The van der Waals surface area contributed by atoms with E-state index >= 15 is 0 Å². The Balaban J connectivity index is 1.57. The molecule has 176 valence electrons. The topological polar surface area (TPSA) is 88.3 Å². The maximum atomic E-state index is 12.7. The first-order valence-electron chi connectivity index (χ1n) is 11.0. The average Bonchev–Trinajstić information content (AvgIpc) is 3.18. The summed E-state index contributed by atoms with van der Waals surface area (Å²) in [4.78, 5) is 18.8. The summed E-state index contributed by atoms with van der Waals surface area (Å²) >= 11 is 0. The summed E-state index contributed by atoms with van der Waals surface area (Å²) in [5.74, 6) is 2.35. The summed E-state index contributed by atoms with van der Waals surface area (Å²) in [7, 11) is 4.75. The minimum Gasteiger partial charge on any atom is -0.493 e. The van der Waals surface area contributed by atoms with Crippen LogP contribution in [-0.2, 0) is 4.74 Å². The van der Waals surface area contributed by atoms with Crippen LogP contribution in [0.3, 0.4) is 0 Å². The van der Waals surface area contributed by atoms with Crippen LogP contribution in [0.5, 0.6) is 17.2 Å². The zero-order valence-corrected chi connectivity index (χ0v) is 19.6. The van der Waals surface area contributed by atoms with Gasteiger partial charge in [0, 0.05) is 17.7 Å². The Labute approximate surface area is 193 Å². The van der Waals surface area contributed by atoms with Gasteiger partial charge in [0.1, 0.15) is 18.9 Å². The number of aryl methyl sites for hydroxylation is 1. The molecule has 33 heavy (non-hydrogen) atoms. The number of ether oxygens (including phenoxy) is 4. The number of quaternary nitrogens is 1. The van der Waals surface area contributed by atoms with Crippen LogP contribution in [0.25, 0.3) is 16.7 Å². The van der Waals surface area contributed by atoms with Crippen LogP contribution >= 0.6 is 0 Å². The molecule has 1 saturated heterocycles. The molecule has 0 saturated carbocycles. The van der Waals surface area contributed by atoms with Gasteiger partial charge in [-0.05, 0) is 25.1 Å². The van der Waals surface area contributed by atoms with Gasteiger partial charge in [0.25, 0.3) is 5.91 Å². The summed E-state index contributed by atoms with van der Waals surface area (Å²) in [6.45, 7) is 6.99. The van der Waals surface area contributed by atoms with Crippen LogP contribution in [-0.4, -0.2) is 76.2 Å². The first kappa shape index (κ1) is 22.9. The molecule has 0 aliphatic carbocycles. The third-order valence-corrected chi connectivity index (χ3v) is 5.96. The maximum Gasteiger partial charge on any atom is 0.251 e. The summed E-state index contributed by atoms with van der Waals surface area (Å²) in [5, 5.41) is 3.02. The predicted molar refractivity (Wildman–Crippen MR) is 124 cm³/mol. The Hall–Kier alpha value is -3.30. The van der Waals surface area contributed by atoms with E-state index in [1.807, 2.05) is 41.8 Å². The molecule has 1 amide bonds. The van der Waals surface area contributed by atoms with Gasteiger partial charge in [-0.25, -0.2) is 4.98 Å². The van der Waals surface area contributed by atoms with Crippen LogP contribution in [0, 0.1) is 6.92 Å². The van der Waals surface area contributed by atoms with Crippen molar-refractivity contribution in [2.75, 3.05) is 60.7 Å². The molecule has 1 aromatic heterocycles. The van der Waals surface area contributed by atoms with Crippen molar-refractivity contribution in [1.29, 1.82) is 0 Å². The lowest BCUT2D eigenvalue weighted by molar-refractivity contribution is -0.906. The Morgan fingerprint density at radius 1 is 1.09 bits per heavy atom. The van der Waals surface area contributed by atoms with Gasteiger partial charge in [-0.3, -0.25) is 9.36 Å². The number of rotatable bonds is 8. The number of hydrogen-bond acceptors (Lipinski definition) is 6. The SMILES string of the molecule is COc1cc(-n2c(C)nc3cc(C(=O)NCC[NH+]4CCOCC4)ccc32)cc(OC)c1OC. The fourth-order valence-electron chi connectivity index (χ4n) is 4.23. The number of methoxy groups -OCH3 is 3. The molecule has 9 nitrogen and oxygen atoms in total. The zero-order valence-electron chi connectivity index (χ0n) is 19.6. The van der Waals surface area contributed by atoms with Crippen LogP contribution < -0.4 is 24.4 Å². The number of amides is 1. The number of morpholine rings is 1. The van der Waals surface area contributed by atoms with Gasteiger partial charge >= 0.3 is 0 Å². The third-order valence-electron chi connectivity index (χ3n) is 5.96. The van der Waals surface area contributed by atoms with E-state index in [1.165, 1.54) is 4.90 Å². The summed E-state index contributed by atoms with van der Waals surface area (Å²) < 4.78 is 23.8. The number of benzene rings is 2. The molecule has 2 aromatic carbocycles. The minimum absolute atomic E-state index is 0.0930. The summed E-state index contributed by atoms with van der Waals surface area (Å²) in [6, 6.07) is 9.33. The molecule has 4 rings (SSSR count). The molecule has 0 atom stereocenters. The van der Waals surface area contributed by atoms with Crippen molar-refractivity contribution < 1.29 is 28.6 Å². The quantitative estimate of drug-likeness (QED) is 0.527. The van der Waals surface area contributed by atoms with Gasteiger partial charge in [0.05, 0.1) is 64.4 Å². The Morgan fingerprint density at radius 2 is 1.79 bits per heavy atom. The predicted octanol–water partition coefficient (Wildman–Crippen LogP) is 1.00. The lowest BCUT2D eigenvalue weighted by Gasteiger charge is -2.23. The average molecular weight is 456 g/mol. The molecule has 1 fully saturated rings. The number of carbonyl (C=O) groups is 1. The second kappa shape index (κ2) is 10.1. The third kappa shape index (κ3) is 4.74. The van der Waals surface area contributed by atoms with Crippen LogP contribution in [0.15, 0.2) is 30.3 Å². The van der Waals surface area contributed by atoms with E-state index < -0.39 is 0 Å². The number of imidazole rings is 1. The molecule has 0 spiro atoms. The van der Waals surface area contributed by atoms with E-state index in [9.17, 15) is 4.79 Å².